The number of hydrogen-bond acceptors (Lipinski definition) is 5. The van der Waals surface area contributed by atoms with Crippen molar-refractivity contribution in [3.05, 3.63) is 83.4 Å². The molecule has 0 aromatic heterocycles. The molecular weight excluding hydrogens is 404 g/mol. The molecule has 32 heavy (non-hydrogen) atoms. The molecule has 0 aliphatic carbocycles. The normalized spacial score (nSPS) is 15.0. The van der Waals surface area contributed by atoms with Crippen LogP contribution >= 0.6 is 0 Å². The minimum atomic E-state index is -0.270. The van der Waals surface area contributed by atoms with Gasteiger partial charge in [0.2, 0.25) is 0 Å². The standard InChI is InChI=1S/C26H28N2O4/c1-4-15-28-25(27-21-10-6-5-9-20(21)26(28)29)18-13-14-22(30-2)19(16-18)17-32-24-12-8-7-11-23(24)31-3/h5-14,16,25,27H,4,15,17H2,1-3H3. The molecule has 1 heterocycles. The Morgan fingerprint density at radius 2 is 1.62 bits per heavy atom. The fourth-order valence-corrected chi connectivity index (χ4v) is 4.00. The van der Waals surface area contributed by atoms with Crippen molar-refractivity contribution in [1.29, 1.82) is 0 Å². The highest BCUT2D eigenvalue weighted by Crippen LogP contribution is 2.35. The number of nitrogens with zero attached hydrogens (tertiary/aromatic N) is 1. The molecule has 1 atom stereocenters. The molecule has 166 valence electrons. The Labute approximate surface area is 188 Å². The molecule has 0 fully saturated rings. The summed E-state index contributed by atoms with van der Waals surface area (Å²) >= 11 is 0. The number of rotatable bonds is 8. The zero-order valence-corrected chi connectivity index (χ0v) is 18.6. The third-order valence-corrected chi connectivity index (χ3v) is 5.56. The molecule has 0 saturated carbocycles. The lowest BCUT2D eigenvalue weighted by molar-refractivity contribution is 0.0683. The number of para-hydroxylation sites is 3. The Morgan fingerprint density at radius 3 is 2.38 bits per heavy atom. The molecule has 1 aliphatic rings. The van der Waals surface area contributed by atoms with Crippen LogP contribution in [0.4, 0.5) is 5.69 Å². The van der Waals surface area contributed by atoms with Gasteiger partial charge in [-0.1, -0.05) is 37.3 Å². The van der Waals surface area contributed by atoms with Crippen LogP contribution in [0.1, 0.15) is 41.0 Å². The molecule has 0 bridgehead atoms. The number of carbonyl (C=O) groups is 1. The fraction of sp³-hybridized carbons (Fsp3) is 0.269. The lowest BCUT2D eigenvalue weighted by Gasteiger charge is -2.38. The fourth-order valence-electron chi connectivity index (χ4n) is 4.00. The molecule has 1 N–H and O–H groups in total. The van der Waals surface area contributed by atoms with Crippen LogP contribution in [0.3, 0.4) is 0 Å². The van der Waals surface area contributed by atoms with Gasteiger partial charge in [-0.25, -0.2) is 0 Å². The first-order chi connectivity index (χ1) is 15.7. The maximum absolute atomic E-state index is 13.2. The van der Waals surface area contributed by atoms with Gasteiger partial charge in [-0.15, -0.1) is 0 Å². The Hall–Kier alpha value is -3.67. The predicted molar refractivity (Wildman–Crippen MR) is 124 cm³/mol. The van der Waals surface area contributed by atoms with Crippen LogP contribution in [0.5, 0.6) is 17.2 Å². The van der Waals surface area contributed by atoms with Gasteiger partial charge in [0.25, 0.3) is 5.91 Å². The molecule has 3 aromatic carbocycles. The molecule has 0 saturated heterocycles. The van der Waals surface area contributed by atoms with Crippen molar-refractivity contribution in [2.75, 3.05) is 26.1 Å². The summed E-state index contributed by atoms with van der Waals surface area (Å²) in [5.74, 6) is 2.10. The number of methoxy groups -OCH3 is 2. The van der Waals surface area contributed by atoms with E-state index in [0.29, 0.717) is 30.2 Å². The van der Waals surface area contributed by atoms with Gasteiger partial charge in [0.15, 0.2) is 11.5 Å². The topological polar surface area (TPSA) is 60.0 Å². The van der Waals surface area contributed by atoms with Crippen molar-refractivity contribution in [3.63, 3.8) is 0 Å². The average Bonchev–Trinajstić information content (AvgIpc) is 2.84. The highest BCUT2D eigenvalue weighted by Gasteiger charge is 2.32. The minimum absolute atomic E-state index is 0.0360. The van der Waals surface area contributed by atoms with Crippen LogP contribution in [0.25, 0.3) is 0 Å². The Balaban J connectivity index is 1.65. The van der Waals surface area contributed by atoms with Gasteiger partial charge in [-0.2, -0.15) is 0 Å². The Kier molecular flexibility index (Phi) is 6.50. The number of ether oxygens (including phenoxy) is 3. The molecule has 1 amide bonds. The van der Waals surface area contributed by atoms with Crippen molar-refractivity contribution in [2.24, 2.45) is 0 Å². The average molecular weight is 433 g/mol. The van der Waals surface area contributed by atoms with E-state index in [1.807, 2.05) is 71.6 Å². The van der Waals surface area contributed by atoms with Crippen molar-refractivity contribution in [2.45, 2.75) is 26.1 Å². The van der Waals surface area contributed by atoms with E-state index in [1.54, 1.807) is 14.2 Å². The summed E-state index contributed by atoms with van der Waals surface area (Å²) in [6, 6.07) is 21.1. The van der Waals surface area contributed by atoms with E-state index in [0.717, 1.165) is 29.0 Å². The van der Waals surface area contributed by atoms with Crippen LogP contribution in [-0.2, 0) is 6.61 Å². The molecule has 6 nitrogen and oxygen atoms in total. The summed E-state index contributed by atoms with van der Waals surface area (Å²) in [6.07, 6.45) is 0.597. The predicted octanol–water partition coefficient (Wildman–Crippen LogP) is 5.26. The number of nitrogens with one attached hydrogen (secondary N) is 1. The van der Waals surface area contributed by atoms with E-state index in [1.165, 1.54) is 0 Å². The van der Waals surface area contributed by atoms with Crippen LogP contribution in [0, 0.1) is 0 Å². The van der Waals surface area contributed by atoms with Gasteiger partial charge in [0.05, 0.1) is 19.8 Å². The molecule has 3 aromatic rings. The second-order valence-electron chi connectivity index (χ2n) is 7.60. The van der Waals surface area contributed by atoms with Crippen molar-refractivity contribution < 1.29 is 19.0 Å². The Morgan fingerprint density at radius 1 is 0.906 bits per heavy atom. The van der Waals surface area contributed by atoms with E-state index in [-0.39, 0.29) is 12.1 Å². The van der Waals surface area contributed by atoms with Gasteiger partial charge in [0, 0.05) is 17.8 Å². The summed E-state index contributed by atoms with van der Waals surface area (Å²) in [7, 11) is 3.26. The molecule has 1 unspecified atom stereocenters. The molecule has 1 aliphatic heterocycles. The second kappa shape index (κ2) is 9.64. The third-order valence-electron chi connectivity index (χ3n) is 5.56. The maximum Gasteiger partial charge on any atom is 0.257 e. The maximum atomic E-state index is 13.2. The summed E-state index contributed by atoms with van der Waals surface area (Å²) in [5, 5.41) is 3.54. The van der Waals surface area contributed by atoms with Gasteiger partial charge < -0.3 is 24.4 Å². The van der Waals surface area contributed by atoms with E-state index >= 15 is 0 Å². The minimum Gasteiger partial charge on any atom is -0.496 e. The number of fused-ring (bicyclic) bond motifs is 1. The number of hydrogen-bond donors (Lipinski definition) is 1. The van der Waals surface area contributed by atoms with Gasteiger partial charge in [-0.3, -0.25) is 4.79 Å². The van der Waals surface area contributed by atoms with Crippen LogP contribution < -0.4 is 19.5 Å². The van der Waals surface area contributed by atoms with Gasteiger partial charge >= 0.3 is 0 Å². The summed E-state index contributed by atoms with van der Waals surface area (Å²) in [4.78, 5) is 15.1. The second-order valence-corrected chi connectivity index (χ2v) is 7.60. The van der Waals surface area contributed by atoms with Crippen LogP contribution in [-0.4, -0.2) is 31.6 Å². The van der Waals surface area contributed by atoms with E-state index < -0.39 is 0 Å². The quantitative estimate of drug-likeness (QED) is 0.526. The monoisotopic (exact) mass is 432 g/mol. The van der Waals surface area contributed by atoms with E-state index in [2.05, 4.69) is 12.2 Å². The summed E-state index contributed by atoms with van der Waals surface area (Å²) in [6.45, 7) is 3.04. The van der Waals surface area contributed by atoms with Crippen LogP contribution in [0.2, 0.25) is 0 Å². The number of amides is 1. The first-order valence-corrected chi connectivity index (χ1v) is 10.8. The number of anilines is 1. The number of carbonyl (C=O) groups excluding carboxylic acids is 1. The van der Waals surface area contributed by atoms with E-state index in [9.17, 15) is 4.79 Å². The first-order valence-electron chi connectivity index (χ1n) is 10.8. The highest BCUT2D eigenvalue weighted by atomic mass is 16.5. The molecular formula is C26H28N2O4. The zero-order chi connectivity index (χ0) is 22.5. The third kappa shape index (κ3) is 4.21. The summed E-state index contributed by atoms with van der Waals surface area (Å²) < 4.78 is 17.0. The van der Waals surface area contributed by atoms with Gasteiger partial charge in [0.1, 0.15) is 18.5 Å². The lowest BCUT2D eigenvalue weighted by atomic mass is 10.0. The van der Waals surface area contributed by atoms with Crippen molar-refractivity contribution >= 4 is 11.6 Å². The first kappa shape index (κ1) is 21.6. The van der Waals surface area contributed by atoms with Gasteiger partial charge in [-0.05, 0) is 48.4 Å². The van der Waals surface area contributed by atoms with Crippen molar-refractivity contribution in [1.82, 2.24) is 4.90 Å². The van der Waals surface area contributed by atoms with Crippen LogP contribution in [0.15, 0.2) is 66.7 Å². The van der Waals surface area contributed by atoms with Crippen molar-refractivity contribution in [3.8, 4) is 17.2 Å². The molecule has 0 radical (unpaired) electrons. The lowest BCUT2D eigenvalue weighted by Crippen LogP contribution is -2.43. The largest absolute Gasteiger partial charge is 0.496 e. The molecule has 6 heteroatoms. The SMILES string of the molecule is CCCN1C(=O)c2ccccc2NC1c1ccc(OC)c(COc2ccccc2OC)c1. The smallest absolute Gasteiger partial charge is 0.257 e. The summed E-state index contributed by atoms with van der Waals surface area (Å²) in [5.41, 5.74) is 3.41. The molecule has 0 spiro atoms. The van der Waals surface area contributed by atoms with E-state index in [4.69, 9.17) is 14.2 Å². The zero-order valence-electron chi connectivity index (χ0n) is 18.6. The highest BCUT2D eigenvalue weighted by molar-refractivity contribution is 6.01. The molecule has 4 rings (SSSR count). The number of benzene rings is 3. The Bertz CT molecular complexity index is 1100.